The van der Waals surface area contributed by atoms with E-state index in [9.17, 15) is 0 Å². The molecule has 0 unspecified atom stereocenters. The molecule has 0 atom stereocenters. The third-order valence-electron chi connectivity index (χ3n) is 4.91. The van der Waals surface area contributed by atoms with Crippen LogP contribution in [0.25, 0.3) is 27.1 Å². The van der Waals surface area contributed by atoms with Crippen molar-refractivity contribution in [3.63, 3.8) is 0 Å². The fourth-order valence-electron chi connectivity index (χ4n) is 3.82. The van der Waals surface area contributed by atoms with Gasteiger partial charge >= 0.3 is 0 Å². The first-order valence-electron chi connectivity index (χ1n) is 8.32. The van der Waals surface area contributed by atoms with E-state index in [0.29, 0.717) is 0 Å². The number of benzene rings is 3. The summed E-state index contributed by atoms with van der Waals surface area (Å²) in [6.45, 7) is 0. The minimum absolute atomic E-state index is 0.957. The number of allylic oxidation sites excluding steroid dienone is 1. The fraction of sp³-hybridized carbons (Fsp3) is 0.0909. The molecule has 0 fully saturated rings. The molecule has 0 amide bonds. The molecule has 0 bridgehead atoms. The Morgan fingerprint density at radius 1 is 0.792 bits per heavy atom. The Labute approximate surface area is 140 Å². The van der Waals surface area contributed by atoms with Crippen LogP contribution in [0.4, 0.5) is 0 Å². The van der Waals surface area contributed by atoms with Crippen molar-refractivity contribution >= 4 is 27.1 Å². The van der Waals surface area contributed by atoms with Crippen molar-refractivity contribution in [3.8, 4) is 0 Å². The number of hydrogen-bond acceptors (Lipinski definition) is 2. The molecule has 1 aliphatic carbocycles. The smallest absolute Gasteiger partial charge is 0.0888 e. The molecular formula is C22H16N2. The highest BCUT2D eigenvalue weighted by atomic mass is 14.8. The largest absolute Gasteiger partial charge is 0.261 e. The van der Waals surface area contributed by atoms with Gasteiger partial charge in [-0.05, 0) is 45.5 Å². The third-order valence-corrected chi connectivity index (χ3v) is 4.91. The lowest BCUT2D eigenvalue weighted by Gasteiger charge is -2.20. The Balaban J connectivity index is 1.80. The van der Waals surface area contributed by atoms with Crippen LogP contribution in [0.15, 0.2) is 73.2 Å². The summed E-state index contributed by atoms with van der Waals surface area (Å²) in [5.74, 6) is 0. The van der Waals surface area contributed by atoms with Crippen molar-refractivity contribution in [2.45, 2.75) is 12.8 Å². The van der Waals surface area contributed by atoms with Crippen LogP contribution in [-0.2, 0) is 6.42 Å². The van der Waals surface area contributed by atoms with E-state index in [0.717, 1.165) is 18.5 Å². The lowest BCUT2D eigenvalue weighted by molar-refractivity contribution is 0.984. The van der Waals surface area contributed by atoms with Crippen LogP contribution in [0.1, 0.15) is 23.2 Å². The van der Waals surface area contributed by atoms with Crippen LogP contribution in [0.5, 0.6) is 0 Å². The Hall–Kier alpha value is -3.00. The number of hydrogen-bond donors (Lipinski definition) is 0. The van der Waals surface area contributed by atoms with Crippen LogP contribution >= 0.6 is 0 Å². The predicted molar refractivity (Wildman–Crippen MR) is 98.9 cm³/mol. The molecule has 2 nitrogen and oxygen atoms in total. The molecule has 1 aromatic heterocycles. The molecule has 1 heterocycles. The van der Waals surface area contributed by atoms with Gasteiger partial charge in [0.05, 0.1) is 11.9 Å². The second-order valence-corrected chi connectivity index (χ2v) is 6.22. The standard InChI is InChI=1S/C22H16N2/c1-2-5-16-15(4-1)8-9-19-17-6-3-7-21(20(17)11-10-18(16)19)22-14-23-12-13-24-22/h1-2,4-5,7-14H,3,6H2. The zero-order valence-corrected chi connectivity index (χ0v) is 13.2. The van der Waals surface area contributed by atoms with Gasteiger partial charge in [-0.3, -0.25) is 9.97 Å². The highest BCUT2D eigenvalue weighted by Crippen LogP contribution is 2.37. The summed E-state index contributed by atoms with van der Waals surface area (Å²) >= 11 is 0. The molecule has 0 spiro atoms. The monoisotopic (exact) mass is 308 g/mol. The van der Waals surface area contributed by atoms with Gasteiger partial charge in [-0.1, -0.05) is 54.6 Å². The summed E-state index contributed by atoms with van der Waals surface area (Å²) in [5.41, 5.74) is 4.89. The van der Waals surface area contributed by atoms with E-state index in [4.69, 9.17) is 0 Å². The van der Waals surface area contributed by atoms with Crippen LogP contribution in [-0.4, -0.2) is 9.97 Å². The molecule has 24 heavy (non-hydrogen) atoms. The van der Waals surface area contributed by atoms with E-state index in [-0.39, 0.29) is 0 Å². The van der Waals surface area contributed by atoms with E-state index in [1.54, 1.807) is 12.4 Å². The van der Waals surface area contributed by atoms with E-state index < -0.39 is 0 Å². The van der Waals surface area contributed by atoms with E-state index >= 15 is 0 Å². The zero-order valence-electron chi connectivity index (χ0n) is 13.2. The highest BCUT2D eigenvalue weighted by molar-refractivity contribution is 6.09. The average Bonchev–Trinajstić information content (AvgIpc) is 2.67. The lowest BCUT2D eigenvalue weighted by Crippen LogP contribution is -2.03. The summed E-state index contributed by atoms with van der Waals surface area (Å²) in [7, 11) is 0. The van der Waals surface area contributed by atoms with Gasteiger partial charge in [0.25, 0.3) is 0 Å². The SMILES string of the molecule is C1=C(c2cnccn2)c2ccc3c(ccc4ccccc43)c2CC1. The molecular weight excluding hydrogens is 292 g/mol. The average molecular weight is 308 g/mol. The van der Waals surface area contributed by atoms with Gasteiger partial charge in [0.2, 0.25) is 0 Å². The van der Waals surface area contributed by atoms with Crippen molar-refractivity contribution in [1.82, 2.24) is 9.97 Å². The van der Waals surface area contributed by atoms with Gasteiger partial charge in [-0.15, -0.1) is 0 Å². The Morgan fingerprint density at radius 3 is 2.62 bits per heavy atom. The Bertz CT molecular complexity index is 1090. The van der Waals surface area contributed by atoms with Gasteiger partial charge in [0, 0.05) is 18.0 Å². The van der Waals surface area contributed by atoms with Gasteiger partial charge in [-0.25, -0.2) is 0 Å². The fourth-order valence-corrected chi connectivity index (χ4v) is 3.82. The quantitative estimate of drug-likeness (QED) is 0.454. The number of aromatic nitrogens is 2. The van der Waals surface area contributed by atoms with Crippen molar-refractivity contribution in [1.29, 1.82) is 0 Å². The first-order chi connectivity index (χ1) is 11.9. The minimum atomic E-state index is 0.957. The van der Waals surface area contributed by atoms with Gasteiger partial charge < -0.3 is 0 Å². The third kappa shape index (κ3) is 1.96. The molecule has 0 radical (unpaired) electrons. The first-order valence-corrected chi connectivity index (χ1v) is 8.32. The maximum Gasteiger partial charge on any atom is 0.0888 e. The second kappa shape index (κ2) is 5.27. The maximum absolute atomic E-state index is 4.50. The number of aryl methyl sites for hydroxylation is 1. The molecule has 1 aliphatic rings. The first kappa shape index (κ1) is 13.4. The zero-order chi connectivity index (χ0) is 15.9. The lowest BCUT2D eigenvalue weighted by atomic mass is 9.85. The molecule has 0 N–H and O–H groups in total. The van der Waals surface area contributed by atoms with Crippen molar-refractivity contribution < 1.29 is 0 Å². The molecule has 4 aromatic rings. The van der Waals surface area contributed by atoms with Gasteiger partial charge in [0.1, 0.15) is 0 Å². The van der Waals surface area contributed by atoms with Crippen LogP contribution in [0, 0.1) is 0 Å². The summed E-state index contributed by atoms with van der Waals surface area (Å²) in [5, 5.41) is 5.33. The molecule has 0 aliphatic heterocycles. The normalized spacial score (nSPS) is 13.8. The van der Waals surface area contributed by atoms with Crippen molar-refractivity contribution in [3.05, 3.63) is 90.0 Å². The van der Waals surface area contributed by atoms with Crippen LogP contribution in [0.2, 0.25) is 0 Å². The van der Waals surface area contributed by atoms with Crippen LogP contribution in [0.3, 0.4) is 0 Å². The topological polar surface area (TPSA) is 25.8 Å². The van der Waals surface area contributed by atoms with E-state index in [1.165, 1.54) is 38.2 Å². The number of rotatable bonds is 1. The molecule has 5 rings (SSSR count). The summed E-state index contributed by atoms with van der Waals surface area (Å²) in [6, 6.07) is 17.6. The molecule has 3 aromatic carbocycles. The molecule has 114 valence electrons. The highest BCUT2D eigenvalue weighted by Gasteiger charge is 2.18. The molecule has 0 saturated heterocycles. The predicted octanol–water partition coefficient (Wildman–Crippen LogP) is 5.16. The maximum atomic E-state index is 4.50. The number of nitrogens with zero attached hydrogens (tertiary/aromatic N) is 2. The van der Waals surface area contributed by atoms with Crippen LogP contribution < -0.4 is 0 Å². The van der Waals surface area contributed by atoms with Gasteiger partial charge in [-0.2, -0.15) is 0 Å². The summed E-state index contributed by atoms with van der Waals surface area (Å²) in [4.78, 5) is 8.73. The van der Waals surface area contributed by atoms with E-state index in [2.05, 4.69) is 64.6 Å². The Kier molecular flexibility index (Phi) is 2.95. The summed E-state index contributed by atoms with van der Waals surface area (Å²) < 4.78 is 0. The van der Waals surface area contributed by atoms with E-state index in [1.807, 2.05) is 6.20 Å². The second-order valence-electron chi connectivity index (χ2n) is 6.22. The summed E-state index contributed by atoms with van der Waals surface area (Å²) in [6.07, 6.45) is 9.75. The molecule has 0 saturated carbocycles. The van der Waals surface area contributed by atoms with Gasteiger partial charge in [0.15, 0.2) is 0 Å². The van der Waals surface area contributed by atoms with Crippen molar-refractivity contribution in [2.24, 2.45) is 0 Å². The molecule has 2 heteroatoms. The minimum Gasteiger partial charge on any atom is -0.261 e. The Morgan fingerprint density at radius 2 is 1.71 bits per heavy atom. The van der Waals surface area contributed by atoms with Crippen molar-refractivity contribution in [2.75, 3.05) is 0 Å². The number of fused-ring (bicyclic) bond motifs is 5.